The summed E-state index contributed by atoms with van der Waals surface area (Å²) in [5.74, 6) is 1.02. The predicted octanol–water partition coefficient (Wildman–Crippen LogP) is 4.71. The molecule has 37 heavy (non-hydrogen) atoms. The lowest BCUT2D eigenvalue weighted by atomic mass is 9.99. The Kier molecular flexibility index (Phi) is 7.48. The predicted molar refractivity (Wildman–Crippen MR) is 144 cm³/mol. The van der Waals surface area contributed by atoms with Gasteiger partial charge in [0.2, 0.25) is 0 Å². The Morgan fingerprint density at radius 1 is 1.11 bits per heavy atom. The van der Waals surface area contributed by atoms with E-state index in [-0.39, 0.29) is 23.6 Å². The van der Waals surface area contributed by atoms with Gasteiger partial charge in [-0.2, -0.15) is 0 Å². The molecule has 8 nitrogen and oxygen atoms in total. The number of aryl methyl sites for hydroxylation is 2. The van der Waals surface area contributed by atoms with E-state index in [2.05, 4.69) is 71.3 Å². The molecular formula is C29H36N6O2. The molecule has 1 aliphatic rings. The highest BCUT2D eigenvalue weighted by Gasteiger charge is 2.31. The number of H-pyrrole nitrogens is 1. The van der Waals surface area contributed by atoms with Gasteiger partial charge in [0, 0.05) is 30.8 Å². The summed E-state index contributed by atoms with van der Waals surface area (Å²) < 4.78 is 7.77. The van der Waals surface area contributed by atoms with Gasteiger partial charge in [-0.1, -0.05) is 44.2 Å². The first-order chi connectivity index (χ1) is 17.9. The molecule has 8 heteroatoms. The summed E-state index contributed by atoms with van der Waals surface area (Å²) in [6.45, 7) is 11.1. The van der Waals surface area contributed by atoms with Crippen molar-refractivity contribution in [3.8, 4) is 0 Å². The Labute approximate surface area is 217 Å². The van der Waals surface area contributed by atoms with Crippen LogP contribution in [0.15, 0.2) is 53.3 Å². The fraction of sp³-hybridized carbons (Fsp3) is 0.448. The number of pyridine rings is 1. The monoisotopic (exact) mass is 500 g/mol. The molecule has 0 radical (unpaired) electrons. The Morgan fingerprint density at radius 2 is 1.89 bits per heavy atom. The molecule has 2 aromatic heterocycles. The fourth-order valence-corrected chi connectivity index (χ4v) is 5.35. The minimum atomic E-state index is -0.0912. The Balaban J connectivity index is 1.53. The Bertz CT molecular complexity index is 1410. The first kappa shape index (κ1) is 25.3. The first-order valence-electron chi connectivity index (χ1n) is 13.2. The van der Waals surface area contributed by atoms with Gasteiger partial charge in [0.1, 0.15) is 0 Å². The lowest BCUT2D eigenvalue weighted by Crippen LogP contribution is -2.36. The van der Waals surface area contributed by atoms with Gasteiger partial charge in [-0.3, -0.25) is 9.69 Å². The highest BCUT2D eigenvalue weighted by atomic mass is 16.5. The third-order valence-corrected chi connectivity index (χ3v) is 7.39. The summed E-state index contributed by atoms with van der Waals surface area (Å²) in [7, 11) is 0. The van der Waals surface area contributed by atoms with Gasteiger partial charge in [-0.25, -0.2) is 4.68 Å². The van der Waals surface area contributed by atoms with Crippen LogP contribution >= 0.6 is 0 Å². The second kappa shape index (κ2) is 10.9. The molecule has 0 unspecified atom stereocenters. The van der Waals surface area contributed by atoms with E-state index in [4.69, 9.17) is 4.74 Å². The van der Waals surface area contributed by atoms with Crippen molar-refractivity contribution >= 4 is 10.9 Å². The minimum Gasteiger partial charge on any atom is -0.376 e. The van der Waals surface area contributed by atoms with Crippen LogP contribution in [0.1, 0.15) is 60.8 Å². The zero-order valence-corrected chi connectivity index (χ0v) is 22.1. The minimum absolute atomic E-state index is 0.0599. The van der Waals surface area contributed by atoms with E-state index in [1.54, 1.807) is 0 Å². The number of nitrogens with zero attached hydrogens (tertiary/aromatic N) is 5. The number of hydrogen-bond donors (Lipinski definition) is 1. The molecule has 0 amide bonds. The van der Waals surface area contributed by atoms with E-state index >= 15 is 0 Å². The van der Waals surface area contributed by atoms with Crippen LogP contribution in [-0.4, -0.2) is 42.8 Å². The maximum atomic E-state index is 13.2. The van der Waals surface area contributed by atoms with Crippen LogP contribution in [0.5, 0.6) is 0 Å². The molecule has 2 atom stereocenters. The van der Waals surface area contributed by atoms with Crippen LogP contribution in [0, 0.1) is 19.8 Å². The van der Waals surface area contributed by atoms with E-state index < -0.39 is 0 Å². The van der Waals surface area contributed by atoms with Crippen molar-refractivity contribution in [3.63, 3.8) is 0 Å². The van der Waals surface area contributed by atoms with E-state index in [1.165, 1.54) is 16.7 Å². The molecule has 0 bridgehead atoms. The molecule has 1 saturated heterocycles. The number of ether oxygens (including phenoxy) is 1. The van der Waals surface area contributed by atoms with Gasteiger partial charge in [0.25, 0.3) is 5.56 Å². The number of nitrogens with one attached hydrogen (secondary N) is 1. The van der Waals surface area contributed by atoms with Gasteiger partial charge in [0.15, 0.2) is 5.82 Å². The number of tetrazole rings is 1. The van der Waals surface area contributed by atoms with E-state index in [0.717, 1.165) is 41.7 Å². The summed E-state index contributed by atoms with van der Waals surface area (Å²) in [4.78, 5) is 18.7. The largest absolute Gasteiger partial charge is 0.376 e. The van der Waals surface area contributed by atoms with Crippen molar-refractivity contribution in [1.82, 2.24) is 30.1 Å². The molecule has 0 spiro atoms. The number of aromatic amines is 1. The fourth-order valence-electron chi connectivity index (χ4n) is 5.35. The second-order valence-electron chi connectivity index (χ2n) is 10.6. The average molecular weight is 501 g/mol. The van der Waals surface area contributed by atoms with Crippen molar-refractivity contribution in [1.29, 1.82) is 0 Å². The van der Waals surface area contributed by atoms with Crippen molar-refractivity contribution < 1.29 is 4.74 Å². The van der Waals surface area contributed by atoms with E-state index in [9.17, 15) is 4.79 Å². The highest BCUT2D eigenvalue weighted by molar-refractivity contribution is 5.80. The van der Waals surface area contributed by atoms with Crippen LogP contribution in [0.25, 0.3) is 10.9 Å². The average Bonchev–Trinajstić information content (AvgIpc) is 3.54. The lowest BCUT2D eigenvalue weighted by Gasteiger charge is -2.33. The summed E-state index contributed by atoms with van der Waals surface area (Å²) in [6, 6.07) is 16.5. The lowest BCUT2D eigenvalue weighted by molar-refractivity contribution is 0.0851. The van der Waals surface area contributed by atoms with Gasteiger partial charge in [-0.15, -0.1) is 5.10 Å². The molecule has 1 fully saturated rings. The maximum Gasteiger partial charge on any atom is 0.252 e. The molecule has 3 heterocycles. The molecule has 194 valence electrons. The molecule has 1 N–H and O–H groups in total. The van der Waals surface area contributed by atoms with Gasteiger partial charge in [0.05, 0.1) is 18.7 Å². The van der Waals surface area contributed by atoms with Crippen molar-refractivity contribution in [2.75, 3.05) is 6.61 Å². The SMILES string of the molecule is Cc1cc2cc(CN(Cc3ccccc3)[C@@H](c3nnnn3C[C@@H]3CCCO3)C(C)C)c(=O)[nH]c2cc1C. The molecule has 5 rings (SSSR count). The molecule has 0 aliphatic carbocycles. The van der Waals surface area contributed by atoms with E-state index in [0.29, 0.717) is 19.6 Å². The first-order valence-corrected chi connectivity index (χ1v) is 13.2. The van der Waals surface area contributed by atoms with Crippen LogP contribution < -0.4 is 5.56 Å². The summed E-state index contributed by atoms with van der Waals surface area (Å²) in [6.07, 6.45) is 2.22. The van der Waals surface area contributed by atoms with Crippen molar-refractivity contribution in [3.05, 3.63) is 87.0 Å². The number of fused-ring (bicyclic) bond motifs is 1. The van der Waals surface area contributed by atoms with Gasteiger partial charge in [-0.05, 0) is 83.3 Å². The Morgan fingerprint density at radius 3 is 2.62 bits per heavy atom. The third kappa shape index (κ3) is 5.65. The normalized spacial score (nSPS) is 16.8. The smallest absolute Gasteiger partial charge is 0.252 e. The zero-order chi connectivity index (χ0) is 25.9. The van der Waals surface area contributed by atoms with Crippen molar-refractivity contribution in [2.24, 2.45) is 5.92 Å². The quantitative estimate of drug-likeness (QED) is 0.358. The molecule has 0 saturated carbocycles. The summed E-state index contributed by atoms with van der Waals surface area (Å²) in [5.41, 5.74) is 5.09. The van der Waals surface area contributed by atoms with Gasteiger partial charge >= 0.3 is 0 Å². The number of hydrogen-bond acceptors (Lipinski definition) is 6. The van der Waals surface area contributed by atoms with Crippen LogP contribution in [0.4, 0.5) is 0 Å². The third-order valence-electron chi connectivity index (χ3n) is 7.39. The molecule has 2 aromatic carbocycles. The summed E-state index contributed by atoms with van der Waals surface area (Å²) in [5, 5.41) is 13.9. The van der Waals surface area contributed by atoms with Crippen LogP contribution in [0.3, 0.4) is 0 Å². The van der Waals surface area contributed by atoms with Crippen LogP contribution in [-0.2, 0) is 24.4 Å². The van der Waals surface area contributed by atoms with Crippen LogP contribution in [0.2, 0.25) is 0 Å². The Hall–Kier alpha value is -3.36. The standard InChI is InChI=1S/C29H36N6O2/c1-19(2)27(28-31-32-33-35(28)18-25-11-8-12-37-25)34(16-22-9-6-5-7-10-22)17-24-15-23-13-20(3)21(4)14-26(23)30-29(24)36/h5-7,9-10,13-15,19,25,27H,8,11-12,16-18H2,1-4H3,(H,30,36)/t25-,27+/m0/s1. The number of benzene rings is 2. The number of rotatable bonds is 9. The second-order valence-corrected chi connectivity index (χ2v) is 10.6. The molecular weight excluding hydrogens is 464 g/mol. The maximum absolute atomic E-state index is 13.2. The zero-order valence-electron chi connectivity index (χ0n) is 22.1. The molecule has 1 aliphatic heterocycles. The van der Waals surface area contributed by atoms with Crippen molar-refractivity contribution in [2.45, 2.75) is 72.3 Å². The topological polar surface area (TPSA) is 88.9 Å². The highest BCUT2D eigenvalue weighted by Crippen LogP contribution is 2.31. The van der Waals surface area contributed by atoms with E-state index in [1.807, 2.05) is 35.0 Å². The molecule has 4 aromatic rings. The summed E-state index contributed by atoms with van der Waals surface area (Å²) >= 11 is 0. The van der Waals surface area contributed by atoms with Gasteiger partial charge < -0.3 is 9.72 Å². The number of aromatic nitrogens is 5.